The SMILES string of the molecule is CCC(=O)Nc1ccc(Cl)c(NC(=S)NC(=O)c2cc3ccccc3cc2OC)c1. The molecule has 0 atom stereocenters. The lowest BCUT2D eigenvalue weighted by atomic mass is 10.1. The van der Waals surface area contributed by atoms with Crippen LogP contribution in [-0.4, -0.2) is 24.0 Å². The molecule has 0 aromatic heterocycles. The summed E-state index contributed by atoms with van der Waals surface area (Å²) in [6.07, 6.45) is 0.355. The van der Waals surface area contributed by atoms with Crippen LogP contribution in [0, 0.1) is 0 Å². The molecule has 0 fully saturated rings. The highest BCUT2D eigenvalue weighted by atomic mass is 35.5. The number of halogens is 1. The molecule has 154 valence electrons. The van der Waals surface area contributed by atoms with E-state index in [0.29, 0.717) is 34.1 Å². The Bertz CT molecular complexity index is 1130. The molecule has 2 amide bonds. The number of thiocarbonyl (C=S) groups is 1. The third-order valence-electron chi connectivity index (χ3n) is 4.36. The van der Waals surface area contributed by atoms with E-state index in [1.807, 2.05) is 24.3 Å². The summed E-state index contributed by atoms with van der Waals surface area (Å²) in [5, 5.41) is 10.6. The molecule has 3 N–H and O–H groups in total. The van der Waals surface area contributed by atoms with Gasteiger partial charge >= 0.3 is 0 Å². The fourth-order valence-electron chi connectivity index (χ4n) is 2.84. The minimum atomic E-state index is -0.415. The van der Waals surface area contributed by atoms with Crippen LogP contribution in [0.1, 0.15) is 23.7 Å². The number of amides is 2. The van der Waals surface area contributed by atoms with Crippen molar-refractivity contribution in [1.29, 1.82) is 0 Å². The Labute approximate surface area is 184 Å². The van der Waals surface area contributed by atoms with Crippen molar-refractivity contribution in [2.24, 2.45) is 0 Å². The third kappa shape index (κ3) is 5.06. The predicted molar refractivity (Wildman–Crippen MR) is 125 cm³/mol. The zero-order valence-corrected chi connectivity index (χ0v) is 18.0. The molecule has 0 unspecified atom stereocenters. The molecular weight excluding hydrogens is 422 g/mol. The summed E-state index contributed by atoms with van der Waals surface area (Å²) in [5.41, 5.74) is 1.39. The van der Waals surface area contributed by atoms with Gasteiger partial charge in [-0.25, -0.2) is 0 Å². The number of carbonyl (C=O) groups excluding carboxylic acids is 2. The highest BCUT2D eigenvalue weighted by Crippen LogP contribution is 2.27. The summed E-state index contributed by atoms with van der Waals surface area (Å²) in [5.74, 6) is -0.0967. The van der Waals surface area contributed by atoms with Crippen molar-refractivity contribution < 1.29 is 14.3 Å². The van der Waals surface area contributed by atoms with Gasteiger partial charge in [0.1, 0.15) is 5.75 Å². The van der Waals surface area contributed by atoms with Crippen molar-refractivity contribution in [2.45, 2.75) is 13.3 Å². The van der Waals surface area contributed by atoms with E-state index in [4.69, 9.17) is 28.6 Å². The van der Waals surface area contributed by atoms with Gasteiger partial charge in [-0.1, -0.05) is 42.8 Å². The molecule has 0 bridgehead atoms. The lowest BCUT2D eigenvalue weighted by Crippen LogP contribution is -2.34. The van der Waals surface area contributed by atoms with Gasteiger partial charge in [-0.05, 0) is 53.3 Å². The molecule has 30 heavy (non-hydrogen) atoms. The summed E-state index contributed by atoms with van der Waals surface area (Å²) in [4.78, 5) is 24.4. The average molecular weight is 442 g/mol. The fraction of sp³-hybridized carbons (Fsp3) is 0.136. The summed E-state index contributed by atoms with van der Waals surface area (Å²) in [7, 11) is 1.51. The largest absolute Gasteiger partial charge is 0.496 e. The van der Waals surface area contributed by atoms with Crippen LogP contribution in [0.5, 0.6) is 5.75 Å². The second-order valence-corrected chi connectivity index (χ2v) is 7.22. The number of methoxy groups -OCH3 is 1. The van der Waals surface area contributed by atoms with Gasteiger partial charge in [0.15, 0.2) is 5.11 Å². The molecule has 3 aromatic rings. The number of hydrogen-bond acceptors (Lipinski definition) is 4. The molecule has 3 aromatic carbocycles. The van der Waals surface area contributed by atoms with Crippen LogP contribution < -0.4 is 20.7 Å². The molecule has 0 radical (unpaired) electrons. The van der Waals surface area contributed by atoms with E-state index < -0.39 is 5.91 Å². The summed E-state index contributed by atoms with van der Waals surface area (Å²) in [6, 6.07) is 16.2. The van der Waals surface area contributed by atoms with Crippen molar-refractivity contribution >= 4 is 62.9 Å². The Morgan fingerprint density at radius 1 is 1.03 bits per heavy atom. The predicted octanol–water partition coefficient (Wildman–Crippen LogP) is 4.98. The molecule has 3 rings (SSSR count). The van der Waals surface area contributed by atoms with Gasteiger partial charge in [-0.3, -0.25) is 14.9 Å². The normalized spacial score (nSPS) is 10.4. The molecule has 0 aliphatic heterocycles. The van der Waals surface area contributed by atoms with Crippen LogP contribution >= 0.6 is 23.8 Å². The lowest BCUT2D eigenvalue weighted by Gasteiger charge is -2.14. The Hall–Kier alpha value is -3.16. The molecule has 6 nitrogen and oxygen atoms in total. The van der Waals surface area contributed by atoms with Crippen LogP contribution in [-0.2, 0) is 4.79 Å². The number of hydrogen-bond donors (Lipinski definition) is 3. The Morgan fingerprint density at radius 3 is 2.40 bits per heavy atom. The van der Waals surface area contributed by atoms with Crippen LogP contribution in [0.2, 0.25) is 5.02 Å². The van der Waals surface area contributed by atoms with E-state index >= 15 is 0 Å². The van der Waals surface area contributed by atoms with E-state index in [1.165, 1.54) is 7.11 Å². The first-order valence-corrected chi connectivity index (χ1v) is 9.98. The van der Waals surface area contributed by atoms with E-state index in [1.54, 1.807) is 37.3 Å². The highest BCUT2D eigenvalue weighted by Gasteiger charge is 2.16. The maximum atomic E-state index is 12.8. The van der Waals surface area contributed by atoms with E-state index in [0.717, 1.165) is 10.8 Å². The maximum Gasteiger partial charge on any atom is 0.261 e. The van der Waals surface area contributed by atoms with Crippen molar-refractivity contribution in [3.8, 4) is 5.75 Å². The summed E-state index contributed by atoms with van der Waals surface area (Å²) < 4.78 is 5.37. The topological polar surface area (TPSA) is 79.5 Å². The number of carbonyl (C=O) groups is 2. The van der Waals surface area contributed by atoms with Gasteiger partial charge in [-0.2, -0.15) is 0 Å². The first-order valence-electron chi connectivity index (χ1n) is 9.19. The van der Waals surface area contributed by atoms with Crippen molar-refractivity contribution in [1.82, 2.24) is 5.32 Å². The van der Waals surface area contributed by atoms with Crippen molar-refractivity contribution in [3.63, 3.8) is 0 Å². The second kappa shape index (κ2) is 9.56. The minimum Gasteiger partial charge on any atom is -0.496 e. The smallest absolute Gasteiger partial charge is 0.261 e. The van der Waals surface area contributed by atoms with Gasteiger partial charge in [0.2, 0.25) is 5.91 Å². The minimum absolute atomic E-state index is 0.0658. The van der Waals surface area contributed by atoms with Crippen molar-refractivity contribution in [2.75, 3.05) is 17.7 Å². The molecule has 0 saturated heterocycles. The maximum absolute atomic E-state index is 12.8. The van der Waals surface area contributed by atoms with Gasteiger partial charge in [0.05, 0.1) is 23.4 Å². The third-order valence-corrected chi connectivity index (χ3v) is 4.89. The number of rotatable bonds is 5. The van der Waals surface area contributed by atoms with Crippen molar-refractivity contribution in [3.05, 3.63) is 65.2 Å². The number of anilines is 2. The molecule has 0 aliphatic rings. The van der Waals surface area contributed by atoms with Crippen LogP contribution in [0.15, 0.2) is 54.6 Å². The Morgan fingerprint density at radius 2 is 1.73 bits per heavy atom. The fourth-order valence-corrected chi connectivity index (χ4v) is 3.21. The van der Waals surface area contributed by atoms with Gasteiger partial charge in [-0.15, -0.1) is 0 Å². The average Bonchev–Trinajstić information content (AvgIpc) is 2.74. The molecule has 0 spiro atoms. The highest BCUT2D eigenvalue weighted by molar-refractivity contribution is 7.80. The van der Waals surface area contributed by atoms with E-state index in [2.05, 4.69) is 16.0 Å². The molecule has 0 aliphatic carbocycles. The molecule has 0 saturated carbocycles. The van der Waals surface area contributed by atoms with Gasteiger partial charge in [0, 0.05) is 12.1 Å². The second-order valence-electron chi connectivity index (χ2n) is 6.40. The van der Waals surface area contributed by atoms with Crippen LogP contribution in [0.25, 0.3) is 10.8 Å². The Kier molecular flexibility index (Phi) is 6.87. The first kappa shape index (κ1) is 21.5. The molecule has 0 heterocycles. The standard InChI is InChI=1S/C22H20ClN3O3S/c1-3-20(27)24-15-8-9-17(23)18(12-15)25-22(30)26-21(28)16-10-13-6-4-5-7-14(13)11-19(16)29-2/h4-12H,3H2,1-2H3,(H,24,27)(H2,25,26,28,30). The zero-order valence-electron chi connectivity index (χ0n) is 16.4. The number of ether oxygens (including phenoxy) is 1. The quantitative estimate of drug-likeness (QED) is 0.487. The van der Waals surface area contributed by atoms with Gasteiger partial charge in [0.25, 0.3) is 5.91 Å². The van der Waals surface area contributed by atoms with Crippen LogP contribution in [0.3, 0.4) is 0 Å². The summed E-state index contributed by atoms with van der Waals surface area (Å²) in [6.45, 7) is 1.76. The zero-order chi connectivity index (χ0) is 21.7. The van der Waals surface area contributed by atoms with Crippen LogP contribution in [0.4, 0.5) is 11.4 Å². The molecular formula is C22H20ClN3O3S. The number of benzene rings is 3. The monoisotopic (exact) mass is 441 g/mol. The van der Waals surface area contributed by atoms with E-state index in [9.17, 15) is 9.59 Å². The summed E-state index contributed by atoms with van der Waals surface area (Å²) >= 11 is 11.5. The first-order chi connectivity index (χ1) is 14.4. The lowest BCUT2D eigenvalue weighted by molar-refractivity contribution is -0.115. The number of fused-ring (bicyclic) bond motifs is 1. The molecule has 8 heteroatoms. The van der Waals surface area contributed by atoms with Gasteiger partial charge < -0.3 is 15.4 Å². The number of nitrogens with one attached hydrogen (secondary N) is 3. The van der Waals surface area contributed by atoms with E-state index in [-0.39, 0.29) is 11.0 Å². The Balaban J connectivity index is 1.77.